The molecule has 0 radical (unpaired) electrons. The zero-order valence-corrected chi connectivity index (χ0v) is 20.4. The van der Waals surface area contributed by atoms with E-state index in [4.69, 9.17) is 4.74 Å². The van der Waals surface area contributed by atoms with Crippen LogP contribution in [0.25, 0.3) is 11.1 Å². The van der Waals surface area contributed by atoms with Gasteiger partial charge in [-0.3, -0.25) is 15.0 Å². The van der Waals surface area contributed by atoms with Crippen molar-refractivity contribution in [3.05, 3.63) is 47.3 Å². The number of benzene rings is 2. The Bertz CT molecular complexity index is 1270. The minimum absolute atomic E-state index is 0.0833. The summed E-state index contributed by atoms with van der Waals surface area (Å²) in [6, 6.07) is 7.44. The first kappa shape index (κ1) is 25.2. The number of carbonyl (C=O) groups is 2. The number of amides is 3. The highest BCUT2D eigenvalue weighted by atomic mass is 32.2. The average molecular weight is 491 g/mol. The quantitative estimate of drug-likeness (QED) is 0.477. The topological polar surface area (TPSA) is 117 Å². The van der Waals surface area contributed by atoms with Gasteiger partial charge in [-0.05, 0) is 35.2 Å². The molecule has 0 bridgehead atoms. The van der Waals surface area contributed by atoms with Crippen LogP contribution in [0.5, 0.6) is 5.75 Å². The SMILES string of the molecule is COc1c(-c2ccc(C=NNS(C)(=O)=O)c(F)c2)cc(N2CCC(=O)NC2=O)cc1C(C)(C)C. The van der Waals surface area contributed by atoms with E-state index in [9.17, 15) is 22.4 Å². The van der Waals surface area contributed by atoms with E-state index in [1.54, 1.807) is 12.1 Å². The van der Waals surface area contributed by atoms with Crippen molar-refractivity contribution in [2.75, 3.05) is 24.8 Å². The molecular formula is C23H27FN4O5S. The fraction of sp³-hybridized carbons (Fsp3) is 0.348. The molecule has 2 aromatic carbocycles. The maximum Gasteiger partial charge on any atom is 0.328 e. The lowest BCUT2D eigenvalue weighted by molar-refractivity contribution is -0.120. The highest BCUT2D eigenvalue weighted by molar-refractivity contribution is 7.88. The minimum atomic E-state index is -3.55. The molecule has 182 valence electrons. The molecule has 1 aliphatic rings. The van der Waals surface area contributed by atoms with Gasteiger partial charge >= 0.3 is 6.03 Å². The van der Waals surface area contributed by atoms with E-state index in [0.717, 1.165) is 18.0 Å². The minimum Gasteiger partial charge on any atom is -0.496 e. The van der Waals surface area contributed by atoms with Crippen LogP contribution in [0, 0.1) is 5.82 Å². The van der Waals surface area contributed by atoms with Crippen molar-refractivity contribution in [2.45, 2.75) is 32.6 Å². The monoisotopic (exact) mass is 490 g/mol. The molecule has 9 nitrogen and oxygen atoms in total. The zero-order valence-electron chi connectivity index (χ0n) is 19.6. The summed E-state index contributed by atoms with van der Waals surface area (Å²) in [6.45, 7) is 6.20. The third kappa shape index (κ3) is 5.71. The van der Waals surface area contributed by atoms with Crippen LogP contribution in [0.1, 0.15) is 38.3 Å². The van der Waals surface area contributed by atoms with Crippen molar-refractivity contribution in [2.24, 2.45) is 5.10 Å². The van der Waals surface area contributed by atoms with Crippen LogP contribution in [-0.4, -0.2) is 46.5 Å². The predicted octanol–water partition coefficient (Wildman–Crippen LogP) is 3.13. The van der Waals surface area contributed by atoms with E-state index in [2.05, 4.69) is 10.4 Å². The Labute approximate surface area is 198 Å². The van der Waals surface area contributed by atoms with Crippen molar-refractivity contribution in [1.29, 1.82) is 0 Å². The van der Waals surface area contributed by atoms with E-state index in [1.807, 2.05) is 31.7 Å². The number of ether oxygens (including phenoxy) is 1. The Hall–Kier alpha value is -3.47. The number of anilines is 1. The van der Waals surface area contributed by atoms with Crippen molar-refractivity contribution in [1.82, 2.24) is 10.1 Å². The molecular weight excluding hydrogens is 463 g/mol. The average Bonchev–Trinajstić information content (AvgIpc) is 2.72. The van der Waals surface area contributed by atoms with Gasteiger partial charge in [0.05, 0.1) is 19.6 Å². The normalized spacial score (nSPS) is 14.9. The largest absolute Gasteiger partial charge is 0.496 e. The zero-order chi connectivity index (χ0) is 25.3. The van der Waals surface area contributed by atoms with Crippen LogP contribution in [-0.2, 0) is 20.2 Å². The summed E-state index contributed by atoms with van der Waals surface area (Å²) >= 11 is 0. The molecule has 3 amide bonds. The van der Waals surface area contributed by atoms with Gasteiger partial charge in [-0.25, -0.2) is 22.4 Å². The summed E-state index contributed by atoms with van der Waals surface area (Å²) in [5, 5.41) is 5.85. The van der Waals surface area contributed by atoms with Gasteiger partial charge in [0, 0.05) is 35.3 Å². The maximum atomic E-state index is 14.9. The molecule has 1 heterocycles. The molecule has 3 rings (SSSR count). The molecule has 34 heavy (non-hydrogen) atoms. The number of nitrogens with one attached hydrogen (secondary N) is 2. The maximum absolute atomic E-state index is 14.9. The van der Waals surface area contributed by atoms with E-state index >= 15 is 0 Å². The molecule has 2 N–H and O–H groups in total. The van der Waals surface area contributed by atoms with Gasteiger partial charge in [0.15, 0.2) is 0 Å². The summed E-state index contributed by atoms with van der Waals surface area (Å²) in [5.41, 5.74) is 2.11. The number of methoxy groups -OCH3 is 1. The molecule has 11 heteroatoms. The van der Waals surface area contributed by atoms with E-state index < -0.39 is 21.9 Å². The van der Waals surface area contributed by atoms with Crippen LogP contribution in [0.3, 0.4) is 0 Å². The first-order chi connectivity index (χ1) is 15.8. The first-order valence-electron chi connectivity index (χ1n) is 10.4. The Balaban J connectivity index is 2.12. The van der Waals surface area contributed by atoms with E-state index in [1.165, 1.54) is 24.1 Å². The fourth-order valence-electron chi connectivity index (χ4n) is 3.56. The second-order valence-electron chi connectivity index (χ2n) is 8.94. The van der Waals surface area contributed by atoms with Gasteiger partial charge in [0.25, 0.3) is 0 Å². The number of urea groups is 1. The van der Waals surface area contributed by atoms with Gasteiger partial charge in [0.1, 0.15) is 11.6 Å². The lowest BCUT2D eigenvalue weighted by Crippen LogP contribution is -2.49. The van der Waals surface area contributed by atoms with Crippen LogP contribution in [0.15, 0.2) is 35.4 Å². The van der Waals surface area contributed by atoms with Gasteiger partial charge in [-0.1, -0.05) is 26.8 Å². The molecule has 0 saturated carbocycles. The van der Waals surface area contributed by atoms with Gasteiger partial charge in [0.2, 0.25) is 15.9 Å². The number of hydrazone groups is 1. The number of hydrogen-bond acceptors (Lipinski definition) is 6. The molecule has 2 aromatic rings. The Morgan fingerprint density at radius 3 is 2.47 bits per heavy atom. The third-order valence-corrected chi connectivity index (χ3v) is 5.62. The molecule has 0 atom stereocenters. The number of imide groups is 1. The number of rotatable bonds is 6. The molecule has 1 aliphatic heterocycles. The molecule has 0 aliphatic carbocycles. The van der Waals surface area contributed by atoms with Gasteiger partial charge in [-0.15, -0.1) is 0 Å². The molecule has 1 fully saturated rings. The summed E-state index contributed by atoms with van der Waals surface area (Å²) in [7, 11) is -2.03. The number of carbonyl (C=O) groups excluding carboxylic acids is 2. The van der Waals surface area contributed by atoms with Crippen molar-refractivity contribution in [3.63, 3.8) is 0 Å². The van der Waals surface area contributed by atoms with E-state index in [0.29, 0.717) is 22.6 Å². The number of nitrogens with zero attached hydrogens (tertiary/aromatic N) is 2. The standard InChI is InChI=1S/C23H27FN4O5S/c1-23(2,3)18-12-16(28-9-8-20(29)26-22(28)30)11-17(21(18)33-4)14-6-7-15(19(24)10-14)13-25-27-34(5,31)32/h6-7,10-13,27H,8-9H2,1-5H3,(H,26,29,30). The number of halogens is 1. The number of sulfonamides is 1. The molecule has 0 spiro atoms. The lowest BCUT2D eigenvalue weighted by Gasteiger charge is -2.31. The first-order valence-corrected chi connectivity index (χ1v) is 12.3. The Morgan fingerprint density at radius 1 is 1.21 bits per heavy atom. The van der Waals surface area contributed by atoms with Crippen LogP contribution in [0.2, 0.25) is 0 Å². The van der Waals surface area contributed by atoms with E-state index in [-0.39, 0.29) is 29.9 Å². The predicted molar refractivity (Wildman–Crippen MR) is 128 cm³/mol. The molecule has 1 saturated heterocycles. The summed E-state index contributed by atoms with van der Waals surface area (Å²) in [6.07, 6.45) is 2.18. The highest BCUT2D eigenvalue weighted by Crippen LogP contribution is 2.43. The van der Waals surface area contributed by atoms with Crippen molar-refractivity contribution >= 4 is 33.9 Å². The molecule has 0 aromatic heterocycles. The summed E-state index contributed by atoms with van der Waals surface area (Å²) in [5.74, 6) is -0.428. The van der Waals surface area contributed by atoms with Crippen molar-refractivity contribution < 1.29 is 27.1 Å². The highest BCUT2D eigenvalue weighted by Gasteiger charge is 2.29. The Kier molecular flexibility index (Phi) is 6.97. The second-order valence-corrected chi connectivity index (χ2v) is 10.7. The Morgan fingerprint density at radius 2 is 1.91 bits per heavy atom. The van der Waals surface area contributed by atoms with Gasteiger partial charge < -0.3 is 4.74 Å². The van der Waals surface area contributed by atoms with Crippen LogP contribution in [0.4, 0.5) is 14.9 Å². The smallest absolute Gasteiger partial charge is 0.328 e. The van der Waals surface area contributed by atoms with Crippen LogP contribution >= 0.6 is 0 Å². The van der Waals surface area contributed by atoms with Crippen LogP contribution < -0.4 is 19.8 Å². The fourth-order valence-corrected chi connectivity index (χ4v) is 3.81. The summed E-state index contributed by atoms with van der Waals surface area (Å²) < 4.78 is 42.9. The third-order valence-electron chi connectivity index (χ3n) is 5.19. The molecule has 0 unspecified atom stereocenters. The summed E-state index contributed by atoms with van der Waals surface area (Å²) in [4.78, 5) is 27.5. The second kappa shape index (κ2) is 9.41. The van der Waals surface area contributed by atoms with Gasteiger partial charge in [-0.2, -0.15) is 5.10 Å². The number of hydrogen-bond donors (Lipinski definition) is 2. The van der Waals surface area contributed by atoms with Crippen molar-refractivity contribution in [3.8, 4) is 16.9 Å². The lowest BCUT2D eigenvalue weighted by atomic mass is 9.83.